The third kappa shape index (κ3) is 4.82. The fraction of sp³-hybridized carbons (Fsp3) is 0.310. The van der Waals surface area contributed by atoms with Crippen LogP contribution in [0.15, 0.2) is 60.9 Å². The molecule has 0 bridgehead atoms. The maximum Gasteiger partial charge on any atom is 0.125 e. The van der Waals surface area contributed by atoms with E-state index in [-0.39, 0.29) is 5.82 Å². The molecule has 0 unspecified atom stereocenters. The number of rotatable bonds is 5. The Morgan fingerprint density at radius 3 is 2.38 bits per heavy atom. The van der Waals surface area contributed by atoms with Gasteiger partial charge in [-0.1, -0.05) is 0 Å². The number of ether oxygens (including phenoxy) is 2. The van der Waals surface area contributed by atoms with Crippen LogP contribution in [0.4, 0.5) is 27.1 Å². The highest BCUT2D eigenvalue weighted by atomic mass is 19.1. The Kier molecular flexibility index (Phi) is 6.59. The van der Waals surface area contributed by atoms with Crippen molar-refractivity contribution in [2.24, 2.45) is 0 Å². The number of aromatic nitrogens is 2. The number of halogens is 1. The van der Waals surface area contributed by atoms with Crippen LogP contribution in [0.2, 0.25) is 0 Å². The van der Waals surface area contributed by atoms with E-state index in [1.165, 1.54) is 12.1 Å². The lowest BCUT2D eigenvalue weighted by atomic mass is 10.0. The first-order valence-corrected chi connectivity index (χ1v) is 12.7. The van der Waals surface area contributed by atoms with Crippen LogP contribution in [-0.2, 0) is 9.47 Å². The van der Waals surface area contributed by atoms with Gasteiger partial charge in [-0.05, 0) is 55.0 Å². The lowest BCUT2D eigenvalue weighted by Crippen LogP contribution is -2.37. The van der Waals surface area contributed by atoms with E-state index in [4.69, 9.17) is 14.5 Å². The molecule has 2 fully saturated rings. The highest BCUT2D eigenvalue weighted by Gasteiger charge is 2.21. The summed E-state index contributed by atoms with van der Waals surface area (Å²) in [5.41, 5.74) is 7.45. The van der Waals surface area contributed by atoms with Gasteiger partial charge in [-0.25, -0.2) is 9.37 Å². The van der Waals surface area contributed by atoms with E-state index in [1.54, 1.807) is 18.5 Å². The lowest BCUT2D eigenvalue weighted by Gasteiger charge is -2.33. The zero-order valence-corrected chi connectivity index (χ0v) is 20.9. The SMILES string of the molecule is Cc1c(-c2cccnc2)nc2cc(F)ccc2c1Nc1cc(N2CCOCC2)ccc1N1CCOCC1. The number of fused-ring (bicyclic) bond motifs is 1. The third-order valence-corrected chi connectivity index (χ3v) is 7.09. The van der Waals surface area contributed by atoms with Crippen LogP contribution >= 0.6 is 0 Å². The minimum absolute atomic E-state index is 0.310. The third-order valence-electron chi connectivity index (χ3n) is 7.09. The van der Waals surface area contributed by atoms with Crippen LogP contribution in [0.3, 0.4) is 0 Å². The van der Waals surface area contributed by atoms with Crippen molar-refractivity contribution in [1.29, 1.82) is 0 Å². The first-order valence-electron chi connectivity index (χ1n) is 12.7. The first kappa shape index (κ1) is 23.6. The largest absolute Gasteiger partial charge is 0.378 e. The van der Waals surface area contributed by atoms with Gasteiger partial charge in [0.05, 0.1) is 54.7 Å². The number of nitrogens with zero attached hydrogens (tertiary/aromatic N) is 4. The van der Waals surface area contributed by atoms with Crippen molar-refractivity contribution in [1.82, 2.24) is 9.97 Å². The topological polar surface area (TPSA) is 62.8 Å². The molecule has 0 spiro atoms. The van der Waals surface area contributed by atoms with Gasteiger partial charge in [-0.2, -0.15) is 0 Å². The number of benzene rings is 2. The van der Waals surface area contributed by atoms with Crippen molar-refractivity contribution < 1.29 is 13.9 Å². The Labute approximate surface area is 215 Å². The van der Waals surface area contributed by atoms with Gasteiger partial charge in [0.1, 0.15) is 5.82 Å². The molecular formula is C29H30FN5O2. The molecule has 2 aromatic heterocycles. The normalized spacial score (nSPS) is 16.3. The van der Waals surface area contributed by atoms with Crippen molar-refractivity contribution in [2.45, 2.75) is 6.92 Å². The predicted molar refractivity (Wildman–Crippen MR) is 145 cm³/mol. The van der Waals surface area contributed by atoms with Gasteiger partial charge in [0.25, 0.3) is 0 Å². The molecule has 1 N–H and O–H groups in total. The van der Waals surface area contributed by atoms with E-state index in [9.17, 15) is 4.39 Å². The highest BCUT2D eigenvalue weighted by Crippen LogP contribution is 2.39. The summed E-state index contributed by atoms with van der Waals surface area (Å²) in [6.45, 7) is 8.28. The molecule has 6 rings (SSSR count). The standard InChI is InChI=1S/C29H30FN5O2/c1-20-28(21-3-2-8-31-19-21)32-25-17-22(30)4-6-24(25)29(20)33-26-18-23(34-9-13-36-14-10-34)5-7-27(26)35-11-15-37-16-12-35/h2-8,17-19H,9-16H2,1H3,(H,32,33). The van der Waals surface area contributed by atoms with Crippen molar-refractivity contribution >= 4 is 33.7 Å². The minimum atomic E-state index is -0.310. The minimum Gasteiger partial charge on any atom is -0.378 e. The molecule has 190 valence electrons. The Balaban J connectivity index is 1.49. The Morgan fingerprint density at radius 2 is 1.65 bits per heavy atom. The van der Waals surface area contributed by atoms with Crippen molar-refractivity contribution in [3.8, 4) is 11.3 Å². The fourth-order valence-electron chi connectivity index (χ4n) is 5.14. The maximum absolute atomic E-state index is 14.3. The van der Waals surface area contributed by atoms with Crippen LogP contribution in [0, 0.1) is 12.7 Å². The summed E-state index contributed by atoms with van der Waals surface area (Å²) in [5.74, 6) is -0.310. The van der Waals surface area contributed by atoms with Crippen LogP contribution in [0.25, 0.3) is 22.2 Å². The monoisotopic (exact) mass is 499 g/mol. The number of hydrogen-bond acceptors (Lipinski definition) is 7. The molecule has 2 aliphatic heterocycles. The summed E-state index contributed by atoms with van der Waals surface area (Å²) in [4.78, 5) is 13.8. The van der Waals surface area contributed by atoms with Gasteiger partial charge < -0.3 is 24.6 Å². The summed E-state index contributed by atoms with van der Waals surface area (Å²) in [7, 11) is 0. The van der Waals surface area contributed by atoms with Gasteiger partial charge in [0.15, 0.2) is 0 Å². The summed E-state index contributed by atoms with van der Waals surface area (Å²) >= 11 is 0. The van der Waals surface area contributed by atoms with E-state index >= 15 is 0 Å². The Bertz CT molecular complexity index is 1400. The van der Waals surface area contributed by atoms with Gasteiger partial charge in [-0.15, -0.1) is 0 Å². The fourth-order valence-corrected chi connectivity index (χ4v) is 5.14. The van der Waals surface area contributed by atoms with Gasteiger partial charge in [-0.3, -0.25) is 4.98 Å². The Hall–Kier alpha value is -3.75. The molecule has 0 aliphatic carbocycles. The average molecular weight is 500 g/mol. The molecule has 0 saturated carbocycles. The molecule has 0 atom stereocenters. The smallest absolute Gasteiger partial charge is 0.125 e. The second kappa shape index (κ2) is 10.3. The van der Waals surface area contributed by atoms with Gasteiger partial charge >= 0.3 is 0 Å². The zero-order chi connectivity index (χ0) is 25.2. The lowest BCUT2D eigenvalue weighted by molar-refractivity contribution is 0.122. The van der Waals surface area contributed by atoms with Crippen molar-refractivity contribution in [2.75, 3.05) is 67.7 Å². The molecule has 4 aromatic rings. The zero-order valence-electron chi connectivity index (χ0n) is 20.9. The second-order valence-corrected chi connectivity index (χ2v) is 9.39. The van der Waals surface area contributed by atoms with Crippen LogP contribution in [0.1, 0.15) is 5.56 Å². The van der Waals surface area contributed by atoms with E-state index in [0.717, 1.165) is 84.3 Å². The molecule has 4 heterocycles. The number of anilines is 4. The van der Waals surface area contributed by atoms with E-state index in [0.29, 0.717) is 18.7 Å². The summed E-state index contributed by atoms with van der Waals surface area (Å²) in [6, 6.07) is 15.3. The van der Waals surface area contributed by atoms with Gasteiger partial charge in [0, 0.05) is 61.3 Å². The predicted octanol–water partition coefficient (Wildman–Crippen LogP) is 5.16. The molecule has 2 aromatic carbocycles. The Morgan fingerprint density at radius 1 is 0.892 bits per heavy atom. The quantitative estimate of drug-likeness (QED) is 0.407. The molecular weight excluding hydrogens is 469 g/mol. The number of nitrogens with one attached hydrogen (secondary N) is 1. The number of pyridine rings is 2. The van der Waals surface area contributed by atoms with Gasteiger partial charge in [0.2, 0.25) is 0 Å². The molecule has 37 heavy (non-hydrogen) atoms. The van der Waals surface area contributed by atoms with Crippen molar-refractivity contribution in [3.63, 3.8) is 0 Å². The highest BCUT2D eigenvalue weighted by molar-refractivity contribution is 5.99. The molecule has 7 nitrogen and oxygen atoms in total. The molecule has 8 heteroatoms. The van der Waals surface area contributed by atoms with Crippen molar-refractivity contribution in [3.05, 3.63) is 72.3 Å². The summed E-state index contributed by atoms with van der Waals surface area (Å²) in [5, 5.41) is 4.64. The average Bonchev–Trinajstić information content (AvgIpc) is 2.95. The first-order chi connectivity index (χ1) is 18.2. The molecule has 2 aliphatic rings. The van der Waals surface area contributed by atoms with Crippen LogP contribution < -0.4 is 15.1 Å². The molecule has 2 saturated heterocycles. The van der Waals surface area contributed by atoms with E-state index in [1.807, 2.05) is 12.1 Å². The molecule has 0 radical (unpaired) electrons. The number of morpholine rings is 2. The van der Waals surface area contributed by atoms with Crippen LogP contribution in [-0.4, -0.2) is 62.6 Å². The maximum atomic E-state index is 14.3. The van der Waals surface area contributed by atoms with Crippen LogP contribution in [0.5, 0.6) is 0 Å². The van der Waals surface area contributed by atoms with E-state index < -0.39 is 0 Å². The summed E-state index contributed by atoms with van der Waals surface area (Å²) in [6.07, 6.45) is 3.53. The second-order valence-electron chi connectivity index (χ2n) is 9.39. The molecule has 0 amide bonds. The van der Waals surface area contributed by atoms with E-state index in [2.05, 4.69) is 45.2 Å². The summed E-state index contributed by atoms with van der Waals surface area (Å²) < 4.78 is 25.5. The number of hydrogen-bond donors (Lipinski definition) is 1.